The molecular weight excluding hydrogens is 418 g/mol. The van der Waals surface area contributed by atoms with E-state index in [0.29, 0.717) is 31.7 Å². The summed E-state index contributed by atoms with van der Waals surface area (Å²) >= 11 is 6.57. The van der Waals surface area contributed by atoms with Gasteiger partial charge in [-0.3, -0.25) is 9.78 Å². The van der Waals surface area contributed by atoms with Crippen molar-refractivity contribution < 1.29 is 19.4 Å². The zero-order valence-electron chi connectivity index (χ0n) is 11.3. The second kappa shape index (κ2) is 5.73. The van der Waals surface area contributed by atoms with Crippen molar-refractivity contribution in [1.29, 1.82) is 0 Å². The molecule has 0 atom stereocenters. The van der Waals surface area contributed by atoms with Crippen LogP contribution in [0.1, 0.15) is 16.1 Å². The summed E-state index contributed by atoms with van der Waals surface area (Å²) in [7, 11) is 1.54. The first-order chi connectivity index (χ1) is 10.5. The molecule has 0 spiro atoms. The van der Waals surface area contributed by atoms with Crippen LogP contribution in [-0.2, 0) is 0 Å². The Morgan fingerprint density at radius 3 is 2.82 bits per heavy atom. The van der Waals surface area contributed by atoms with E-state index >= 15 is 0 Å². The maximum atomic E-state index is 12.4. The Labute approximate surface area is 142 Å². The van der Waals surface area contributed by atoms with Crippen molar-refractivity contribution in [2.45, 2.75) is 0 Å². The highest BCUT2D eigenvalue weighted by molar-refractivity contribution is 9.11. The van der Waals surface area contributed by atoms with Crippen LogP contribution in [0.15, 0.2) is 39.1 Å². The molecule has 0 radical (unpaired) electrons. The molecule has 0 fully saturated rings. The van der Waals surface area contributed by atoms with Gasteiger partial charge < -0.3 is 14.6 Å². The summed E-state index contributed by atoms with van der Waals surface area (Å²) < 4.78 is 11.9. The standard InChI is InChI=1S/C15H9Br2NO4/c1-21-11-3-2-8-14(20)12(22-15(8)13(11)17)5-7-4-9(16)10(19)6-18-7/h2-6,19H,1H3/b12-5-. The van der Waals surface area contributed by atoms with Crippen molar-refractivity contribution in [2.75, 3.05) is 7.11 Å². The molecule has 0 bridgehead atoms. The topological polar surface area (TPSA) is 68.7 Å². The predicted octanol–water partition coefficient (Wildman–Crippen LogP) is 3.94. The molecule has 5 nitrogen and oxygen atoms in total. The number of hydrogen-bond donors (Lipinski definition) is 1. The van der Waals surface area contributed by atoms with Gasteiger partial charge in [0.05, 0.1) is 29.0 Å². The first-order valence-electron chi connectivity index (χ1n) is 6.16. The average molecular weight is 427 g/mol. The summed E-state index contributed by atoms with van der Waals surface area (Å²) in [4.78, 5) is 16.4. The minimum Gasteiger partial charge on any atom is -0.505 e. The lowest BCUT2D eigenvalue weighted by molar-refractivity contribution is 0.101. The summed E-state index contributed by atoms with van der Waals surface area (Å²) in [6, 6.07) is 4.95. The molecule has 0 aliphatic carbocycles. The second-order valence-electron chi connectivity index (χ2n) is 4.46. The van der Waals surface area contributed by atoms with E-state index in [9.17, 15) is 9.90 Å². The average Bonchev–Trinajstić information content (AvgIpc) is 2.81. The Bertz CT molecular complexity index is 817. The van der Waals surface area contributed by atoms with Crippen LogP contribution in [0.3, 0.4) is 0 Å². The van der Waals surface area contributed by atoms with E-state index < -0.39 is 0 Å². The summed E-state index contributed by atoms with van der Waals surface area (Å²) in [5.41, 5.74) is 0.945. The molecule has 1 aliphatic rings. The van der Waals surface area contributed by atoms with Crippen molar-refractivity contribution in [3.8, 4) is 17.2 Å². The van der Waals surface area contributed by atoms with Crippen LogP contribution in [-0.4, -0.2) is 23.0 Å². The molecule has 1 N–H and O–H groups in total. The smallest absolute Gasteiger partial charge is 0.232 e. The third kappa shape index (κ3) is 2.50. The van der Waals surface area contributed by atoms with E-state index in [1.807, 2.05) is 0 Å². The van der Waals surface area contributed by atoms with Crippen LogP contribution < -0.4 is 9.47 Å². The number of fused-ring (bicyclic) bond motifs is 1. The monoisotopic (exact) mass is 425 g/mol. The fraction of sp³-hybridized carbons (Fsp3) is 0.0667. The normalized spacial score (nSPS) is 14.9. The molecule has 0 amide bonds. The maximum absolute atomic E-state index is 12.4. The van der Waals surface area contributed by atoms with Crippen molar-refractivity contribution in [3.63, 3.8) is 0 Å². The number of carbonyl (C=O) groups excluding carboxylic acids is 1. The number of rotatable bonds is 2. The molecule has 112 valence electrons. The maximum Gasteiger partial charge on any atom is 0.232 e. The molecule has 0 saturated carbocycles. The molecular formula is C15H9Br2NO4. The quantitative estimate of drug-likeness (QED) is 0.736. The molecule has 0 unspecified atom stereocenters. The first-order valence-corrected chi connectivity index (χ1v) is 7.75. The van der Waals surface area contributed by atoms with Crippen LogP contribution in [0.4, 0.5) is 0 Å². The van der Waals surface area contributed by atoms with Crippen LogP contribution >= 0.6 is 31.9 Å². The Morgan fingerprint density at radius 1 is 1.36 bits per heavy atom. The van der Waals surface area contributed by atoms with Gasteiger partial charge in [-0.15, -0.1) is 0 Å². The largest absolute Gasteiger partial charge is 0.505 e. The number of allylic oxidation sites excluding steroid dienone is 1. The van der Waals surface area contributed by atoms with Gasteiger partial charge in [-0.1, -0.05) is 0 Å². The first kappa shape index (κ1) is 15.1. The molecule has 1 aromatic carbocycles. The summed E-state index contributed by atoms with van der Waals surface area (Å²) in [6.07, 6.45) is 2.81. The van der Waals surface area contributed by atoms with Crippen molar-refractivity contribution in [1.82, 2.24) is 4.98 Å². The number of aromatic hydroxyl groups is 1. The molecule has 1 aromatic heterocycles. The third-order valence-corrected chi connectivity index (χ3v) is 4.48. The zero-order valence-corrected chi connectivity index (χ0v) is 14.4. The van der Waals surface area contributed by atoms with E-state index in [4.69, 9.17) is 9.47 Å². The van der Waals surface area contributed by atoms with Crippen molar-refractivity contribution >= 4 is 43.7 Å². The molecule has 22 heavy (non-hydrogen) atoms. The van der Waals surface area contributed by atoms with Gasteiger partial charge in [-0.05, 0) is 50.1 Å². The highest BCUT2D eigenvalue weighted by atomic mass is 79.9. The SMILES string of the molecule is COc1ccc2c(c1Br)O/C(=C\c1cc(Br)c(O)cn1)C2=O. The zero-order chi connectivity index (χ0) is 15.9. The molecule has 1 aliphatic heterocycles. The predicted molar refractivity (Wildman–Crippen MR) is 87.2 cm³/mol. The fourth-order valence-corrected chi connectivity index (χ4v) is 2.94. The number of halogens is 2. The van der Waals surface area contributed by atoms with Crippen LogP contribution in [0.5, 0.6) is 17.2 Å². The van der Waals surface area contributed by atoms with Gasteiger partial charge in [0.1, 0.15) is 16.0 Å². The second-order valence-corrected chi connectivity index (χ2v) is 6.11. The Hall–Kier alpha value is -1.86. The van der Waals surface area contributed by atoms with E-state index in [1.165, 1.54) is 19.4 Å². The number of Topliss-reactive ketones (excluding diaryl/α,β-unsaturated/α-hetero) is 1. The Kier molecular flexibility index (Phi) is 3.92. The van der Waals surface area contributed by atoms with Crippen molar-refractivity contribution in [2.24, 2.45) is 0 Å². The molecule has 7 heteroatoms. The van der Waals surface area contributed by atoms with Crippen LogP contribution in [0.25, 0.3) is 6.08 Å². The van der Waals surface area contributed by atoms with Gasteiger partial charge in [0.15, 0.2) is 11.5 Å². The van der Waals surface area contributed by atoms with Gasteiger partial charge in [0.2, 0.25) is 5.78 Å². The lowest BCUT2D eigenvalue weighted by Gasteiger charge is -2.06. The van der Waals surface area contributed by atoms with E-state index in [0.717, 1.165) is 0 Å². The molecule has 0 saturated heterocycles. The number of hydrogen-bond acceptors (Lipinski definition) is 5. The van der Waals surface area contributed by atoms with E-state index in [-0.39, 0.29) is 17.3 Å². The van der Waals surface area contributed by atoms with Crippen LogP contribution in [0.2, 0.25) is 0 Å². The van der Waals surface area contributed by atoms with Gasteiger partial charge in [0, 0.05) is 6.08 Å². The summed E-state index contributed by atoms with van der Waals surface area (Å²) in [5, 5.41) is 9.44. The van der Waals surface area contributed by atoms with Crippen LogP contribution in [0, 0.1) is 0 Å². The summed E-state index contributed by atoms with van der Waals surface area (Å²) in [6.45, 7) is 0. The molecule has 2 heterocycles. The van der Waals surface area contributed by atoms with Gasteiger partial charge in [-0.25, -0.2) is 0 Å². The highest BCUT2D eigenvalue weighted by Crippen LogP contribution is 2.43. The highest BCUT2D eigenvalue weighted by Gasteiger charge is 2.30. The van der Waals surface area contributed by atoms with Crippen molar-refractivity contribution in [3.05, 3.63) is 50.4 Å². The number of methoxy groups -OCH3 is 1. The number of nitrogens with zero attached hydrogens (tertiary/aromatic N) is 1. The fourth-order valence-electron chi connectivity index (χ4n) is 2.01. The van der Waals surface area contributed by atoms with E-state index in [2.05, 4.69) is 36.8 Å². The number of aromatic nitrogens is 1. The molecule has 3 rings (SSSR count). The van der Waals surface area contributed by atoms with Gasteiger partial charge in [0.25, 0.3) is 0 Å². The lowest BCUT2D eigenvalue weighted by atomic mass is 10.1. The van der Waals surface area contributed by atoms with Gasteiger partial charge in [-0.2, -0.15) is 0 Å². The van der Waals surface area contributed by atoms with E-state index in [1.54, 1.807) is 18.2 Å². The molecule has 2 aromatic rings. The number of ketones is 1. The number of pyridine rings is 1. The minimum absolute atomic E-state index is 0.0246. The van der Waals surface area contributed by atoms with Gasteiger partial charge >= 0.3 is 0 Å². The summed E-state index contributed by atoms with van der Waals surface area (Å²) in [5.74, 6) is 0.960. The Morgan fingerprint density at radius 2 is 2.14 bits per heavy atom. The minimum atomic E-state index is -0.232. The third-order valence-electron chi connectivity index (χ3n) is 3.10. The number of benzene rings is 1. The number of carbonyl (C=O) groups is 1. The lowest BCUT2D eigenvalue weighted by Crippen LogP contribution is -1.98. The number of ether oxygens (including phenoxy) is 2. The Balaban J connectivity index is 2.01.